The van der Waals surface area contributed by atoms with E-state index in [2.05, 4.69) is 14.7 Å². The number of thiazole rings is 1. The Morgan fingerprint density at radius 3 is 2.51 bits per heavy atom. The molecule has 3 heterocycles. The van der Waals surface area contributed by atoms with E-state index in [9.17, 15) is 18.0 Å². The van der Waals surface area contributed by atoms with Gasteiger partial charge in [-0.15, -0.1) is 24.5 Å². The Morgan fingerprint density at radius 2 is 1.84 bits per heavy atom. The van der Waals surface area contributed by atoms with E-state index >= 15 is 0 Å². The molecule has 0 atom stereocenters. The van der Waals surface area contributed by atoms with Gasteiger partial charge in [0.1, 0.15) is 22.1 Å². The van der Waals surface area contributed by atoms with E-state index in [1.54, 1.807) is 43.0 Å². The number of fused-ring (bicyclic) bond motifs is 1. The van der Waals surface area contributed by atoms with Crippen LogP contribution < -0.4 is 19.8 Å². The number of halogens is 3. The molecule has 0 unspecified atom stereocenters. The minimum Gasteiger partial charge on any atom is -0.493 e. The molecule has 190 valence electrons. The summed E-state index contributed by atoms with van der Waals surface area (Å²) in [6.07, 6.45) is 0.238. The fourth-order valence-electron chi connectivity index (χ4n) is 3.65. The Kier molecular flexibility index (Phi) is 6.34. The maximum atomic E-state index is 13.3. The summed E-state index contributed by atoms with van der Waals surface area (Å²) in [7, 11) is 3.39. The minimum absolute atomic E-state index is 0.288. The lowest BCUT2D eigenvalue weighted by atomic mass is 10.2. The molecular formula is C25H19F3N4O4S. The summed E-state index contributed by atoms with van der Waals surface area (Å²) in [4.78, 5) is 21.8. The van der Waals surface area contributed by atoms with Crippen molar-refractivity contribution in [1.82, 2.24) is 19.1 Å². The first-order valence-corrected chi connectivity index (χ1v) is 11.7. The SMILES string of the molecule is COc1cc(-n2ccc3nc(-c4ccc(OC(F)(F)F)cc4)sc3c2=O)ccc1OCc1cncn1C. The second kappa shape index (κ2) is 9.62. The molecule has 2 aromatic carbocycles. The van der Waals surface area contributed by atoms with Gasteiger partial charge in [-0.05, 0) is 42.5 Å². The first-order chi connectivity index (χ1) is 17.7. The standard InChI is InChI=1S/C25H19F3N4O4S/c1-31-14-29-12-17(31)13-35-20-8-5-16(11-21(20)34-2)32-10-9-19-22(24(32)33)37-23(30-19)15-3-6-18(7-4-15)36-25(26,27)28/h3-12,14H,13H2,1-2H3. The van der Waals surface area contributed by atoms with Crippen LogP contribution in [0.15, 0.2) is 72.0 Å². The number of benzene rings is 2. The fraction of sp³-hybridized carbons (Fsp3) is 0.160. The number of pyridine rings is 1. The Hall–Kier alpha value is -4.32. The molecule has 0 radical (unpaired) electrons. The molecule has 0 fully saturated rings. The van der Waals surface area contributed by atoms with Crippen LogP contribution in [0.5, 0.6) is 17.2 Å². The van der Waals surface area contributed by atoms with E-state index in [-0.39, 0.29) is 11.3 Å². The average molecular weight is 529 g/mol. The van der Waals surface area contributed by atoms with E-state index < -0.39 is 6.36 Å². The Labute approximate surface area is 212 Å². The van der Waals surface area contributed by atoms with Gasteiger partial charge in [0.2, 0.25) is 0 Å². The first kappa shape index (κ1) is 24.4. The number of aromatic nitrogens is 4. The van der Waals surface area contributed by atoms with Crippen molar-refractivity contribution in [3.05, 3.63) is 83.3 Å². The molecule has 8 nitrogen and oxygen atoms in total. The molecule has 3 aromatic heterocycles. The van der Waals surface area contributed by atoms with Crippen LogP contribution in [0, 0.1) is 0 Å². The molecule has 0 saturated heterocycles. The lowest BCUT2D eigenvalue weighted by Gasteiger charge is -2.13. The van der Waals surface area contributed by atoms with Gasteiger partial charge >= 0.3 is 6.36 Å². The van der Waals surface area contributed by atoms with Crippen LogP contribution in [0.4, 0.5) is 13.2 Å². The van der Waals surface area contributed by atoms with Crippen molar-refractivity contribution in [2.75, 3.05) is 7.11 Å². The molecule has 0 aliphatic rings. The van der Waals surface area contributed by atoms with Gasteiger partial charge in [-0.1, -0.05) is 0 Å². The van der Waals surface area contributed by atoms with Crippen molar-refractivity contribution in [2.45, 2.75) is 13.0 Å². The van der Waals surface area contributed by atoms with Crippen molar-refractivity contribution in [3.63, 3.8) is 0 Å². The van der Waals surface area contributed by atoms with Gasteiger partial charge in [0.25, 0.3) is 5.56 Å². The van der Waals surface area contributed by atoms with Gasteiger partial charge in [0.05, 0.1) is 36.5 Å². The highest BCUT2D eigenvalue weighted by Gasteiger charge is 2.31. The normalized spacial score (nSPS) is 11.6. The van der Waals surface area contributed by atoms with Gasteiger partial charge in [-0.3, -0.25) is 9.36 Å². The summed E-state index contributed by atoms with van der Waals surface area (Å²) < 4.78 is 56.3. The Morgan fingerprint density at radius 1 is 1.05 bits per heavy atom. The molecule has 0 aliphatic heterocycles. The zero-order valence-corrected chi connectivity index (χ0v) is 20.3. The van der Waals surface area contributed by atoms with Crippen molar-refractivity contribution < 1.29 is 27.4 Å². The summed E-state index contributed by atoms with van der Waals surface area (Å²) in [6, 6.07) is 12.2. The van der Waals surface area contributed by atoms with Crippen LogP contribution in [0.2, 0.25) is 0 Å². The number of hydrogen-bond donors (Lipinski definition) is 0. The summed E-state index contributed by atoms with van der Waals surface area (Å²) in [5, 5.41) is 0.500. The topological polar surface area (TPSA) is 80.4 Å². The van der Waals surface area contributed by atoms with Crippen molar-refractivity contribution in [3.8, 4) is 33.5 Å². The summed E-state index contributed by atoms with van der Waals surface area (Å²) in [5.74, 6) is 0.638. The fourth-order valence-corrected chi connectivity index (χ4v) is 4.64. The highest BCUT2D eigenvalue weighted by atomic mass is 32.1. The molecule has 0 spiro atoms. The molecule has 0 N–H and O–H groups in total. The number of ether oxygens (including phenoxy) is 3. The molecule has 0 bridgehead atoms. The van der Waals surface area contributed by atoms with E-state index in [1.165, 1.54) is 35.9 Å². The average Bonchev–Trinajstić information content (AvgIpc) is 3.49. The lowest BCUT2D eigenvalue weighted by Crippen LogP contribution is -2.16. The van der Waals surface area contributed by atoms with Crippen molar-refractivity contribution in [1.29, 1.82) is 0 Å². The van der Waals surface area contributed by atoms with Gasteiger partial charge in [0, 0.05) is 24.9 Å². The van der Waals surface area contributed by atoms with Crippen molar-refractivity contribution in [2.24, 2.45) is 7.05 Å². The van der Waals surface area contributed by atoms with Gasteiger partial charge in [0.15, 0.2) is 11.5 Å². The Balaban J connectivity index is 1.42. The summed E-state index contributed by atoms with van der Waals surface area (Å²) in [6.45, 7) is 0.297. The van der Waals surface area contributed by atoms with Crippen molar-refractivity contribution >= 4 is 21.6 Å². The largest absolute Gasteiger partial charge is 0.573 e. The van der Waals surface area contributed by atoms with Crippen LogP contribution in [0.25, 0.3) is 26.5 Å². The zero-order valence-electron chi connectivity index (χ0n) is 19.5. The van der Waals surface area contributed by atoms with Gasteiger partial charge in [-0.25, -0.2) is 9.97 Å². The third-order valence-corrected chi connectivity index (χ3v) is 6.61. The van der Waals surface area contributed by atoms with E-state index in [1.807, 2.05) is 11.6 Å². The van der Waals surface area contributed by atoms with E-state index in [0.717, 1.165) is 17.0 Å². The molecular weight excluding hydrogens is 509 g/mol. The molecule has 0 aliphatic carbocycles. The lowest BCUT2D eigenvalue weighted by molar-refractivity contribution is -0.274. The second-order valence-corrected chi connectivity index (χ2v) is 8.92. The van der Waals surface area contributed by atoms with Crippen LogP contribution in [-0.4, -0.2) is 32.6 Å². The molecule has 37 heavy (non-hydrogen) atoms. The van der Waals surface area contributed by atoms with Gasteiger partial charge < -0.3 is 18.8 Å². The third kappa shape index (κ3) is 5.14. The monoisotopic (exact) mass is 528 g/mol. The van der Waals surface area contributed by atoms with Crippen LogP contribution in [-0.2, 0) is 13.7 Å². The minimum atomic E-state index is -4.77. The van der Waals surface area contributed by atoms with E-state index in [0.29, 0.717) is 44.6 Å². The quantitative estimate of drug-likeness (QED) is 0.284. The number of alkyl halides is 3. The summed E-state index contributed by atoms with van der Waals surface area (Å²) >= 11 is 1.15. The van der Waals surface area contributed by atoms with Crippen LogP contribution in [0.3, 0.4) is 0 Å². The number of nitrogens with zero attached hydrogens (tertiary/aromatic N) is 4. The molecule has 0 amide bonds. The maximum absolute atomic E-state index is 13.3. The first-order valence-electron chi connectivity index (χ1n) is 10.9. The zero-order chi connectivity index (χ0) is 26.2. The highest BCUT2D eigenvalue weighted by molar-refractivity contribution is 7.21. The maximum Gasteiger partial charge on any atom is 0.573 e. The third-order valence-electron chi connectivity index (χ3n) is 5.50. The summed E-state index contributed by atoms with van der Waals surface area (Å²) in [5.41, 5.74) is 2.22. The van der Waals surface area contributed by atoms with Crippen LogP contribution in [0.1, 0.15) is 5.69 Å². The second-order valence-electron chi connectivity index (χ2n) is 7.92. The van der Waals surface area contributed by atoms with E-state index in [4.69, 9.17) is 9.47 Å². The molecule has 12 heteroatoms. The number of rotatable bonds is 7. The molecule has 0 saturated carbocycles. The van der Waals surface area contributed by atoms with Crippen LogP contribution >= 0.6 is 11.3 Å². The Bertz CT molecular complexity index is 1620. The highest BCUT2D eigenvalue weighted by Crippen LogP contribution is 2.33. The number of hydrogen-bond acceptors (Lipinski definition) is 7. The number of aryl methyl sites for hydroxylation is 1. The van der Waals surface area contributed by atoms with Gasteiger partial charge in [-0.2, -0.15) is 0 Å². The predicted octanol–water partition coefficient (Wildman–Crippen LogP) is 5.33. The molecule has 5 aromatic rings. The number of methoxy groups -OCH3 is 1. The molecule has 5 rings (SSSR count). The predicted molar refractivity (Wildman–Crippen MR) is 131 cm³/mol. The number of imidazole rings is 1. The smallest absolute Gasteiger partial charge is 0.493 e.